The molecule has 5 aromatic rings. The Balaban J connectivity index is 1.91. The van der Waals surface area contributed by atoms with Crippen LogP contribution in [0.25, 0.3) is 37.4 Å². The van der Waals surface area contributed by atoms with Gasteiger partial charge in [0.25, 0.3) is 0 Å². The average Bonchev–Trinajstić information content (AvgIpc) is 3.41. The summed E-state index contributed by atoms with van der Waals surface area (Å²) in [5.74, 6) is 0. The van der Waals surface area contributed by atoms with E-state index in [4.69, 9.17) is 5.10 Å². The van der Waals surface area contributed by atoms with Gasteiger partial charge < -0.3 is 5.11 Å². The Labute approximate surface area is 169 Å². The molecular weight excluding hydrogens is 384 g/mol. The molecule has 29 heavy (non-hydrogen) atoms. The van der Waals surface area contributed by atoms with Crippen molar-refractivity contribution in [2.75, 3.05) is 0 Å². The summed E-state index contributed by atoms with van der Waals surface area (Å²) < 4.78 is 3.73. The van der Waals surface area contributed by atoms with Crippen molar-refractivity contribution in [1.29, 1.82) is 0 Å². The minimum atomic E-state index is 0.135. The molecule has 6 nitrogen and oxygen atoms in total. The minimum absolute atomic E-state index is 0.135. The number of carbonyl (C=O) groups is 1. The highest BCUT2D eigenvalue weighted by Gasteiger charge is 2.25. The Kier molecular flexibility index (Phi) is 4.03. The molecule has 2 aromatic carbocycles. The number of aryl methyl sites for hydroxylation is 1. The molecule has 0 aliphatic rings. The molecule has 142 valence electrons. The molecule has 0 unspecified atom stereocenters. The van der Waals surface area contributed by atoms with Gasteiger partial charge in [-0.3, -0.25) is 4.79 Å². The molecule has 0 radical (unpaired) electrons. The second-order valence-electron chi connectivity index (χ2n) is 6.59. The zero-order valence-electron chi connectivity index (χ0n) is 15.5. The van der Waals surface area contributed by atoms with Crippen LogP contribution in [0.1, 0.15) is 11.4 Å². The number of para-hydroxylation sites is 2. The lowest BCUT2D eigenvalue weighted by molar-refractivity contribution is -0.103. The second-order valence-corrected chi connectivity index (χ2v) is 7.57. The van der Waals surface area contributed by atoms with Crippen molar-refractivity contribution < 1.29 is 9.90 Å². The Morgan fingerprint density at radius 3 is 2.00 bits per heavy atom. The van der Waals surface area contributed by atoms with Gasteiger partial charge in [0.15, 0.2) is 6.29 Å². The maximum atomic E-state index is 11.6. The molecule has 0 aliphatic carbocycles. The predicted octanol–water partition coefficient (Wildman–Crippen LogP) is 4.83. The van der Waals surface area contributed by atoms with Crippen LogP contribution in [0.2, 0.25) is 0 Å². The largest absolute Gasteiger partial charge is 0.515 e. The van der Waals surface area contributed by atoms with E-state index in [2.05, 4.69) is 5.10 Å². The molecule has 5 rings (SSSR count). The number of aliphatic hydroxyl groups is 1. The number of aldehydes is 1. The molecule has 0 bridgehead atoms. The number of fused-ring (bicyclic) bond motifs is 3. The summed E-state index contributed by atoms with van der Waals surface area (Å²) in [6, 6.07) is 19.7. The summed E-state index contributed by atoms with van der Waals surface area (Å²) in [5, 5.41) is 20.8. The first kappa shape index (κ1) is 17.4. The van der Waals surface area contributed by atoms with Crippen LogP contribution in [0.3, 0.4) is 0 Å². The fraction of sp³-hybridized carbons (Fsp3) is 0.0455. The van der Waals surface area contributed by atoms with Crippen LogP contribution in [0.4, 0.5) is 0 Å². The summed E-state index contributed by atoms with van der Waals surface area (Å²) in [5.41, 5.74) is 3.27. The van der Waals surface area contributed by atoms with Gasteiger partial charge in [0.1, 0.15) is 15.4 Å². The number of rotatable bonds is 4. The summed E-state index contributed by atoms with van der Waals surface area (Å²) in [7, 11) is 0. The Morgan fingerprint density at radius 2 is 1.45 bits per heavy atom. The molecule has 0 saturated heterocycles. The third-order valence-corrected chi connectivity index (χ3v) is 5.99. The van der Waals surface area contributed by atoms with Gasteiger partial charge in [0, 0.05) is 5.39 Å². The molecule has 1 N–H and O–H groups in total. The smallest absolute Gasteiger partial charge is 0.155 e. The van der Waals surface area contributed by atoms with Gasteiger partial charge in [0.2, 0.25) is 0 Å². The molecule has 0 atom stereocenters. The van der Waals surface area contributed by atoms with E-state index in [0.717, 1.165) is 43.8 Å². The lowest BCUT2D eigenvalue weighted by Gasteiger charge is -2.02. The third-order valence-electron chi connectivity index (χ3n) is 4.85. The minimum Gasteiger partial charge on any atom is -0.515 e. The first-order valence-corrected chi connectivity index (χ1v) is 9.86. The van der Waals surface area contributed by atoms with Crippen LogP contribution < -0.4 is 0 Å². The van der Waals surface area contributed by atoms with Crippen molar-refractivity contribution in [2.24, 2.45) is 0 Å². The first-order valence-electron chi connectivity index (χ1n) is 9.04. The molecule has 3 heterocycles. The van der Waals surface area contributed by atoms with E-state index < -0.39 is 0 Å². The van der Waals surface area contributed by atoms with Gasteiger partial charge in [-0.2, -0.15) is 10.2 Å². The van der Waals surface area contributed by atoms with Gasteiger partial charge in [0.05, 0.1) is 34.3 Å². The van der Waals surface area contributed by atoms with E-state index in [-0.39, 0.29) is 5.57 Å². The monoisotopic (exact) mass is 400 g/mol. The van der Waals surface area contributed by atoms with E-state index in [0.29, 0.717) is 12.0 Å². The SMILES string of the molecule is Cc1nn(-c2ccccc2)c2sc3c(c(/C(C=O)=C/O)nn3-c3ccccc3)c12. The van der Waals surface area contributed by atoms with Gasteiger partial charge in [-0.25, -0.2) is 9.36 Å². The molecule has 0 aliphatic heterocycles. The van der Waals surface area contributed by atoms with E-state index in [9.17, 15) is 9.90 Å². The Bertz CT molecular complexity index is 1380. The highest BCUT2D eigenvalue weighted by molar-refractivity contribution is 7.25. The zero-order chi connectivity index (χ0) is 20.0. The van der Waals surface area contributed by atoms with Crippen molar-refractivity contribution in [2.45, 2.75) is 6.92 Å². The van der Waals surface area contributed by atoms with Crippen molar-refractivity contribution in [1.82, 2.24) is 19.6 Å². The number of hydrogen-bond acceptors (Lipinski definition) is 5. The van der Waals surface area contributed by atoms with Gasteiger partial charge >= 0.3 is 0 Å². The van der Waals surface area contributed by atoms with Crippen molar-refractivity contribution in [3.63, 3.8) is 0 Å². The molecule has 3 aromatic heterocycles. The van der Waals surface area contributed by atoms with Crippen molar-refractivity contribution in [3.05, 3.63) is 78.3 Å². The van der Waals surface area contributed by atoms with Crippen molar-refractivity contribution >= 4 is 43.6 Å². The number of allylic oxidation sites excluding steroid dienone is 1. The normalized spacial score (nSPS) is 12.1. The Morgan fingerprint density at radius 1 is 0.897 bits per heavy atom. The molecule has 0 saturated carbocycles. The van der Waals surface area contributed by atoms with Crippen LogP contribution in [0.5, 0.6) is 0 Å². The Hall–Kier alpha value is -3.71. The topological polar surface area (TPSA) is 72.9 Å². The van der Waals surface area contributed by atoms with E-state index in [1.54, 1.807) is 11.3 Å². The van der Waals surface area contributed by atoms with Gasteiger partial charge in [-0.1, -0.05) is 47.7 Å². The highest BCUT2D eigenvalue weighted by Crippen LogP contribution is 2.41. The third kappa shape index (κ3) is 2.59. The molecule has 0 fully saturated rings. The zero-order valence-corrected chi connectivity index (χ0v) is 16.3. The van der Waals surface area contributed by atoms with Crippen LogP contribution in [-0.2, 0) is 4.79 Å². The number of carbonyl (C=O) groups excluding carboxylic acids is 1. The molecule has 0 spiro atoms. The summed E-state index contributed by atoms with van der Waals surface area (Å²) >= 11 is 1.56. The van der Waals surface area contributed by atoms with Crippen LogP contribution >= 0.6 is 11.3 Å². The first-order chi connectivity index (χ1) is 14.2. The lowest BCUT2D eigenvalue weighted by atomic mass is 10.1. The number of aromatic nitrogens is 4. The summed E-state index contributed by atoms with van der Waals surface area (Å²) in [6.45, 7) is 1.95. The standard InChI is InChI=1S/C22H16N4O2S/c1-14-18-19-20(15(12-27)13-28)24-26(17-10-6-3-7-11-17)22(19)29-21(18)25(23-14)16-8-4-2-5-9-16/h2-13,27H,1H3/b15-12+. The molecule has 0 amide bonds. The molecular formula is C22H16N4O2S. The fourth-order valence-electron chi connectivity index (χ4n) is 3.54. The van der Waals surface area contributed by atoms with Crippen LogP contribution in [0, 0.1) is 6.92 Å². The number of hydrogen-bond donors (Lipinski definition) is 1. The fourth-order valence-corrected chi connectivity index (χ4v) is 4.84. The number of aliphatic hydroxyl groups excluding tert-OH is 1. The van der Waals surface area contributed by atoms with Gasteiger partial charge in [-0.05, 0) is 31.2 Å². The van der Waals surface area contributed by atoms with Crippen LogP contribution in [-0.4, -0.2) is 31.0 Å². The maximum absolute atomic E-state index is 11.6. The van der Waals surface area contributed by atoms with Gasteiger partial charge in [-0.15, -0.1) is 0 Å². The predicted molar refractivity (Wildman–Crippen MR) is 115 cm³/mol. The lowest BCUT2D eigenvalue weighted by Crippen LogP contribution is -1.97. The maximum Gasteiger partial charge on any atom is 0.155 e. The van der Waals surface area contributed by atoms with E-state index in [1.807, 2.05) is 77.0 Å². The summed E-state index contributed by atoms with van der Waals surface area (Å²) in [4.78, 5) is 13.5. The van der Waals surface area contributed by atoms with Crippen molar-refractivity contribution in [3.8, 4) is 11.4 Å². The quantitative estimate of drug-likeness (QED) is 0.266. The van der Waals surface area contributed by atoms with E-state index >= 15 is 0 Å². The summed E-state index contributed by atoms with van der Waals surface area (Å²) in [6.07, 6.45) is 1.43. The highest BCUT2D eigenvalue weighted by atomic mass is 32.1. The second kappa shape index (κ2) is 6.72. The number of benzene rings is 2. The number of thiophene rings is 1. The average molecular weight is 400 g/mol. The van der Waals surface area contributed by atoms with E-state index in [1.165, 1.54) is 0 Å². The molecule has 7 heteroatoms. The number of nitrogens with zero attached hydrogens (tertiary/aromatic N) is 4. The van der Waals surface area contributed by atoms with Crippen LogP contribution in [0.15, 0.2) is 66.9 Å².